The van der Waals surface area contributed by atoms with E-state index in [1.807, 2.05) is 33.8 Å². The lowest BCUT2D eigenvalue weighted by atomic mass is 9.93. The average Bonchev–Trinajstić information content (AvgIpc) is 2.54. The van der Waals surface area contributed by atoms with Crippen molar-refractivity contribution in [1.82, 2.24) is 0 Å². The molecule has 1 amide bonds. The molecule has 0 spiro atoms. The Hall–Kier alpha value is -2.54. The molecule has 0 fully saturated rings. The first-order valence-corrected chi connectivity index (χ1v) is 9.83. The molecule has 0 heterocycles. The fourth-order valence-corrected chi connectivity index (χ4v) is 3.95. The SMILES string of the molecule is CC(C)c1cccc(C(C)C)c1N(C(=O)O)S(=O)(=O)Nc1ccccc1. The lowest BCUT2D eigenvalue weighted by Crippen LogP contribution is -2.41. The molecule has 140 valence electrons. The van der Waals surface area contributed by atoms with Crippen molar-refractivity contribution in [3.8, 4) is 0 Å². The van der Waals surface area contributed by atoms with Crippen LogP contribution in [-0.4, -0.2) is 19.6 Å². The summed E-state index contributed by atoms with van der Waals surface area (Å²) in [6, 6.07) is 13.6. The van der Waals surface area contributed by atoms with Gasteiger partial charge in [0.15, 0.2) is 0 Å². The van der Waals surface area contributed by atoms with Crippen molar-refractivity contribution in [1.29, 1.82) is 0 Å². The van der Waals surface area contributed by atoms with E-state index in [1.165, 1.54) is 0 Å². The first-order chi connectivity index (χ1) is 12.1. The minimum atomic E-state index is -4.36. The topological polar surface area (TPSA) is 86.7 Å². The molecule has 0 bridgehead atoms. The summed E-state index contributed by atoms with van der Waals surface area (Å²) in [4.78, 5) is 12.0. The van der Waals surface area contributed by atoms with Gasteiger partial charge in [0, 0.05) is 0 Å². The molecule has 0 aliphatic heterocycles. The molecule has 0 unspecified atom stereocenters. The van der Waals surface area contributed by atoms with Crippen LogP contribution in [0, 0.1) is 0 Å². The summed E-state index contributed by atoms with van der Waals surface area (Å²) in [6.45, 7) is 7.61. The zero-order valence-corrected chi connectivity index (χ0v) is 16.1. The molecule has 0 radical (unpaired) electrons. The second-order valence-corrected chi connectivity index (χ2v) is 8.13. The van der Waals surface area contributed by atoms with Crippen LogP contribution in [0.2, 0.25) is 0 Å². The maximum atomic E-state index is 12.9. The van der Waals surface area contributed by atoms with Crippen molar-refractivity contribution < 1.29 is 18.3 Å². The normalized spacial score (nSPS) is 11.6. The van der Waals surface area contributed by atoms with Gasteiger partial charge in [-0.05, 0) is 35.1 Å². The van der Waals surface area contributed by atoms with E-state index >= 15 is 0 Å². The summed E-state index contributed by atoms with van der Waals surface area (Å²) in [7, 11) is -4.36. The van der Waals surface area contributed by atoms with Gasteiger partial charge in [0.1, 0.15) is 0 Å². The van der Waals surface area contributed by atoms with E-state index in [-0.39, 0.29) is 17.5 Å². The fraction of sp³-hybridized carbons (Fsp3) is 0.316. The minimum Gasteiger partial charge on any atom is -0.464 e. The number of carbonyl (C=O) groups is 1. The van der Waals surface area contributed by atoms with Crippen LogP contribution in [0.4, 0.5) is 16.2 Å². The number of anilines is 2. The van der Waals surface area contributed by atoms with Crippen molar-refractivity contribution in [2.45, 2.75) is 39.5 Å². The number of amides is 1. The molecular formula is C19H24N2O4S. The van der Waals surface area contributed by atoms with Crippen molar-refractivity contribution in [3.63, 3.8) is 0 Å². The maximum Gasteiger partial charge on any atom is 0.427 e. The summed E-state index contributed by atoms with van der Waals surface area (Å²) in [6.07, 6.45) is -1.55. The van der Waals surface area contributed by atoms with Gasteiger partial charge in [-0.2, -0.15) is 12.7 Å². The lowest BCUT2D eigenvalue weighted by Gasteiger charge is -2.27. The highest BCUT2D eigenvalue weighted by molar-refractivity contribution is 7.94. The summed E-state index contributed by atoms with van der Waals surface area (Å²) in [5, 5.41) is 9.76. The Balaban J connectivity index is 2.66. The highest BCUT2D eigenvalue weighted by Crippen LogP contribution is 2.37. The van der Waals surface area contributed by atoms with Gasteiger partial charge in [0.2, 0.25) is 0 Å². The van der Waals surface area contributed by atoms with Crippen molar-refractivity contribution in [2.75, 3.05) is 9.03 Å². The second-order valence-electron chi connectivity index (χ2n) is 6.61. The highest BCUT2D eigenvalue weighted by atomic mass is 32.2. The van der Waals surface area contributed by atoms with Crippen LogP contribution in [0.15, 0.2) is 48.5 Å². The number of hydrogen-bond donors (Lipinski definition) is 2. The largest absolute Gasteiger partial charge is 0.464 e. The van der Waals surface area contributed by atoms with Crippen LogP contribution >= 0.6 is 0 Å². The summed E-state index contributed by atoms with van der Waals surface area (Å²) in [5.74, 6) is -0.0880. The van der Waals surface area contributed by atoms with E-state index < -0.39 is 16.3 Å². The molecule has 0 saturated heterocycles. The van der Waals surface area contributed by atoms with E-state index in [0.717, 1.165) is 0 Å². The Kier molecular flexibility index (Phi) is 5.92. The van der Waals surface area contributed by atoms with Crippen molar-refractivity contribution in [2.24, 2.45) is 0 Å². The third-order valence-corrected chi connectivity index (χ3v) is 5.29. The summed E-state index contributed by atoms with van der Waals surface area (Å²) < 4.78 is 28.6. The van der Waals surface area contributed by atoms with Gasteiger partial charge < -0.3 is 5.11 Å². The fourth-order valence-electron chi connectivity index (χ4n) is 2.77. The number of para-hydroxylation sites is 2. The van der Waals surface area contributed by atoms with Crippen molar-refractivity contribution >= 4 is 27.7 Å². The van der Waals surface area contributed by atoms with Gasteiger partial charge in [-0.15, -0.1) is 0 Å². The van der Waals surface area contributed by atoms with Gasteiger partial charge in [0.25, 0.3) is 0 Å². The smallest absolute Gasteiger partial charge is 0.427 e. The van der Waals surface area contributed by atoms with E-state index in [2.05, 4.69) is 4.72 Å². The number of hydrogen-bond acceptors (Lipinski definition) is 3. The van der Waals surface area contributed by atoms with E-state index in [0.29, 0.717) is 21.1 Å². The second kappa shape index (κ2) is 7.78. The highest BCUT2D eigenvalue weighted by Gasteiger charge is 2.34. The zero-order valence-electron chi connectivity index (χ0n) is 15.3. The average molecular weight is 376 g/mol. The van der Waals surface area contributed by atoms with E-state index in [9.17, 15) is 18.3 Å². The molecule has 0 aliphatic rings. The Bertz CT molecular complexity index is 851. The first-order valence-electron chi connectivity index (χ1n) is 8.39. The molecule has 6 nitrogen and oxygen atoms in total. The monoisotopic (exact) mass is 376 g/mol. The molecule has 0 aliphatic carbocycles. The van der Waals surface area contributed by atoms with Crippen LogP contribution in [-0.2, 0) is 10.2 Å². The zero-order chi connectivity index (χ0) is 19.5. The molecule has 2 aromatic carbocycles. The Morgan fingerprint density at radius 3 is 1.85 bits per heavy atom. The van der Waals surface area contributed by atoms with Gasteiger partial charge in [-0.3, -0.25) is 4.72 Å². The van der Waals surface area contributed by atoms with Crippen LogP contribution in [0.1, 0.15) is 50.7 Å². The lowest BCUT2D eigenvalue weighted by molar-refractivity contribution is 0.206. The third-order valence-electron chi connectivity index (χ3n) is 3.98. The third kappa shape index (κ3) is 4.16. The van der Waals surface area contributed by atoms with E-state index in [1.54, 1.807) is 42.5 Å². The van der Waals surface area contributed by atoms with Crippen LogP contribution < -0.4 is 9.03 Å². The standard InChI is InChI=1S/C19H24N2O4S/c1-13(2)16-11-8-12-17(14(3)4)18(16)21(19(22)23)26(24,25)20-15-9-6-5-7-10-15/h5-14,20H,1-4H3,(H,22,23). The van der Waals surface area contributed by atoms with Gasteiger partial charge in [0.05, 0.1) is 11.4 Å². The molecule has 7 heteroatoms. The van der Waals surface area contributed by atoms with Crippen LogP contribution in [0.25, 0.3) is 0 Å². The van der Waals surface area contributed by atoms with Crippen molar-refractivity contribution in [3.05, 3.63) is 59.7 Å². The molecule has 2 aromatic rings. The predicted octanol–water partition coefficient (Wildman–Crippen LogP) is 4.77. The first kappa shape index (κ1) is 19.8. The number of carboxylic acid groups (broad SMARTS) is 1. The molecule has 2 rings (SSSR count). The van der Waals surface area contributed by atoms with Crippen LogP contribution in [0.3, 0.4) is 0 Å². The number of rotatable bonds is 6. The van der Waals surface area contributed by atoms with Gasteiger partial charge in [-0.1, -0.05) is 64.1 Å². The summed E-state index contributed by atoms with van der Waals surface area (Å²) >= 11 is 0. The number of nitrogens with zero attached hydrogens (tertiary/aromatic N) is 1. The molecule has 0 aromatic heterocycles. The Labute approximate surface area is 154 Å². The predicted molar refractivity (Wildman–Crippen MR) is 104 cm³/mol. The number of benzene rings is 2. The molecular weight excluding hydrogens is 352 g/mol. The Morgan fingerprint density at radius 2 is 1.42 bits per heavy atom. The maximum absolute atomic E-state index is 12.9. The molecule has 0 saturated carbocycles. The van der Waals surface area contributed by atoms with Crippen LogP contribution in [0.5, 0.6) is 0 Å². The number of nitrogens with one attached hydrogen (secondary N) is 1. The quantitative estimate of drug-likeness (QED) is 0.760. The Morgan fingerprint density at radius 1 is 0.923 bits per heavy atom. The minimum absolute atomic E-state index is 0.0440. The summed E-state index contributed by atoms with van der Waals surface area (Å²) in [5.41, 5.74) is 1.83. The molecule has 26 heavy (non-hydrogen) atoms. The van der Waals surface area contributed by atoms with E-state index in [4.69, 9.17) is 0 Å². The van der Waals surface area contributed by atoms with Gasteiger partial charge >= 0.3 is 16.3 Å². The molecule has 0 atom stereocenters. The van der Waals surface area contributed by atoms with Gasteiger partial charge in [-0.25, -0.2) is 4.79 Å². The molecule has 2 N–H and O–H groups in total.